The Hall–Kier alpha value is -0.180. The zero-order valence-electron chi connectivity index (χ0n) is 4.72. The van der Waals surface area contributed by atoms with Crippen LogP contribution in [-0.2, 0) is 4.79 Å². The molecule has 1 rings (SSSR count). The van der Waals surface area contributed by atoms with Gasteiger partial charge in [0.25, 0.3) is 0 Å². The van der Waals surface area contributed by atoms with Crippen LogP contribution in [0.3, 0.4) is 0 Å². The van der Waals surface area contributed by atoms with Crippen molar-refractivity contribution in [1.29, 1.82) is 0 Å². The fraction of sp³-hybridized carbons (Fsp3) is 0.800. The van der Waals surface area contributed by atoms with Crippen LogP contribution in [0.15, 0.2) is 0 Å². The normalized spacial score (nSPS) is 37.5. The summed E-state index contributed by atoms with van der Waals surface area (Å²) in [5.41, 5.74) is 0. The number of rotatable bonds is 0. The molecule has 0 saturated carbocycles. The van der Waals surface area contributed by atoms with Crippen LogP contribution in [0.4, 0.5) is 0 Å². The average Bonchev–Trinajstić information content (AvgIpc) is 1.85. The van der Waals surface area contributed by atoms with Crippen molar-refractivity contribution in [3.63, 3.8) is 0 Å². The number of hydrogen-bond donors (Lipinski definition) is 2. The van der Waals surface area contributed by atoms with Crippen molar-refractivity contribution in [2.75, 3.05) is 0 Å². The Morgan fingerprint density at radius 2 is 2.50 bits per heavy atom. The van der Waals surface area contributed by atoms with Gasteiger partial charge in [0, 0.05) is 17.7 Å². The Labute approximate surface area is 54.1 Å². The van der Waals surface area contributed by atoms with Gasteiger partial charge in [-0.1, -0.05) is 0 Å². The van der Waals surface area contributed by atoms with Gasteiger partial charge in [0.1, 0.15) is 0 Å². The molecule has 1 saturated heterocycles. The minimum absolute atomic E-state index is 0.123. The van der Waals surface area contributed by atoms with Gasteiger partial charge in [0.15, 0.2) is 0 Å². The smallest absolute Gasteiger partial charge is 0.221 e. The molecule has 0 aromatic heterocycles. The molecule has 1 heterocycles. The average molecular weight is 131 g/mol. The van der Waals surface area contributed by atoms with Gasteiger partial charge in [-0.15, -0.1) is 0 Å². The lowest BCUT2D eigenvalue weighted by molar-refractivity contribution is -0.119. The minimum atomic E-state index is 0.123. The molecule has 0 spiro atoms. The largest absolute Gasteiger partial charge is 0.352 e. The monoisotopic (exact) mass is 131 g/mol. The maximum absolute atomic E-state index is 10.5. The summed E-state index contributed by atoms with van der Waals surface area (Å²) in [6.07, 6.45) is 0.574. The molecule has 8 heavy (non-hydrogen) atoms. The number of carbonyl (C=O) groups excluding carboxylic acids is 1. The second kappa shape index (κ2) is 1.97. The molecule has 0 aromatic carbocycles. The van der Waals surface area contributed by atoms with E-state index in [0.717, 1.165) is 0 Å². The quantitative estimate of drug-likeness (QED) is 0.452. The molecule has 1 aliphatic rings. The number of amides is 1. The highest BCUT2D eigenvalue weighted by molar-refractivity contribution is 7.81. The maximum Gasteiger partial charge on any atom is 0.221 e. The van der Waals surface area contributed by atoms with Gasteiger partial charge in [-0.05, 0) is 6.92 Å². The highest BCUT2D eigenvalue weighted by atomic mass is 32.1. The van der Waals surface area contributed by atoms with Crippen molar-refractivity contribution in [1.82, 2.24) is 5.32 Å². The van der Waals surface area contributed by atoms with E-state index in [-0.39, 0.29) is 17.2 Å². The van der Waals surface area contributed by atoms with Crippen molar-refractivity contribution in [3.05, 3.63) is 0 Å². The first kappa shape index (κ1) is 5.95. The molecular formula is C5H9NOS. The third-order valence-corrected chi connectivity index (χ3v) is 1.99. The number of hydrogen-bond acceptors (Lipinski definition) is 2. The Bertz CT molecular complexity index is 103. The van der Waals surface area contributed by atoms with Crippen LogP contribution < -0.4 is 5.32 Å². The van der Waals surface area contributed by atoms with Crippen molar-refractivity contribution >= 4 is 18.5 Å². The molecule has 1 aliphatic heterocycles. The summed E-state index contributed by atoms with van der Waals surface area (Å²) in [6, 6.07) is 0.255. The van der Waals surface area contributed by atoms with Crippen LogP contribution in [0.5, 0.6) is 0 Å². The molecule has 1 N–H and O–H groups in total. The van der Waals surface area contributed by atoms with Gasteiger partial charge in [-0.25, -0.2) is 0 Å². The summed E-state index contributed by atoms with van der Waals surface area (Å²) in [7, 11) is 0. The second-order valence-corrected chi connectivity index (χ2v) is 2.79. The number of carbonyl (C=O) groups is 1. The van der Waals surface area contributed by atoms with Crippen molar-refractivity contribution in [2.24, 2.45) is 0 Å². The SMILES string of the molecule is C[C@H]1NC(=O)C[C@@H]1S. The summed E-state index contributed by atoms with van der Waals surface area (Å²) < 4.78 is 0. The van der Waals surface area contributed by atoms with Crippen molar-refractivity contribution < 1.29 is 4.79 Å². The summed E-state index contributed by atoms with van der Waals surface area (Å²) in [5.74, 6) is 0.123. The molecular weight excluding hydrogens is 122 g/mol. The van der Waals surface area contributed by atoms with E-state index in [1.54, 1.807) is 0 Å². The molecule has 3 heteroatoms. The topological polar surface area (TPSA) is 29.1 Å². The molecule has 0 aromatic rings. The summed E-state index contributed by atoms with van der Waals surface area (Å²) >= 11 is 4.16. The Morgan fingerprint density at radius 3 is 2.62 bits per heavy atom. The summed E-state index contributed by atoms with van der Waals surface area (Å²) in [4.78, 5) is 10.5. The predicted octanol–water partition coefficient (Wildman–Crippen LogP) is 0.193. The van der Waals surface area contributed by atoms with Crippen LogP contribution in [0.25, 0.3) is 0 Å². The molecule has 0 aliphatic carbocycles. The lowest BCUT2D eigenvalue weighted by Gasteiger charge is -2.04. The van der Waals surface area contributed by atoms with Crippen LogP contribution in [-0.4, -0.2) is 17.2 Å². The van der Waals surface area contributed by atoms with Crippen LogP contribution in [0.2, 0.25) is 0 Å². The van der Waals surface area contributed by atoms with Crippen LogP contribution in [0, 0.1) is 0 Å². The van der Waals surface area contributed by atoms with Gasteiger partial charge >= 0.3 is 0 Å². The van der Waals surface area contributed by atoms with E-state index in [1.165, 1.54) is 0 Å². The molecule has 46 valence electrons. The fourth-order valence-corrected chi connectivity index (χ4v) is 1.02. The van der Waals surface area contributed by atoms with E-state index in [9.17, 15) is 4.79 Å². The number of nitrogens with one attached hydrogen (secondary N) is 1. The molecule has 2 atom stereocenters. The van der Waals surface area contributed by atoms with E-state index in [1.807, 2.05) is 6.92 Å². The van der Waals surface area contributed by atoms with Gasteiger partial charge in [0.05, 0.1) is 0 Å². The fourth-order valence-electron chi connectivity index (χ4n) is 0.776. The first-order valence-electron chi connectivity index (χ1n) is 2.67. The molecule has 1 fully saturated rings. The minimum Gasteiger partial charge on any atom is -0.352 e. The lowest BCUT2D eigenvalue weighted by atomic mass is 10.2. The number of thiol groups is 1. The van der Waals surface area contributed by atoms with E-state index in [4.69, 9.17) is 0 Å². The first-order valence-corrected chi connectivity index (χ1v) is 3.19. The lowest BCUT2D eigenvalue weighted by Crippen LogP contribution is -2.25. The molecule has 1 amide bonds. The second-order valence-electron chi connectivity index (χ2n) is 2.13. The Kier molecular flexibility index (Phi) is 1.47. The van der Waals surface area contributed by atoms with E-state index in [0.29, 0.717) is 6.42 Å². The van der Waals surface area contributed by atoms with Gasteiger partial charge in [-0.3, -0.25) is 4.79 Å². The molecule has 0 bridgehead atoms. The maximum atomic E-state index is 10.5. The molecule has 2 nitrogen and oxygen atoms in total. The van der Waals surface area contributed by atoms with Crippen molar-refractivity contribution in [3.8, 4) is 0 Å². The van der Waals surface area contributed by atoms with Gasteiger partial charge in [-0.2, -0.15) is 12.6 Å². The summed E-state index contributed by atoms with van der Waals surface area (Å²) in [6.45, 7) is 1.96. The third kappa shape index (κ3) is 0.968. The zero-order valence-corrected chi connectivity index (χ0v) is 5.61. The van der Waals surface area contributed by atoms with Gasteiger partial charge < -0.3 is 5.32 Å². The van der Waals surface area contributed by atoms with E-state index >= 15 is 0 Å². The first-order chi connectivity index (χ1) is 3.70. The highest BCUT2D eigenvalue weighted by Crippen LogP contribution is 2.12. The molecule has 0 unspecified atom stereocenters. The Morgan fingerprint density at radius 1 is 1.88 bits per heavy atom. The van der Waals surface area contributed by atoms with Crippen LogP contribution in [0.1, 0.15) is 13.3 Å². The van der Waals surface area contributed by atoms with Crippen LogP contribution >= 0.6 is 12.6 Å². The predicted molar refractivity (Wildman–Crippen MR) is 35.0 cm³/mol. The summed E-state index contributed by atoms with van der Waals surface area (Å²) in [5, 5.41) is 2.98. The van der Waals surface area contributed by atoms with E-state index in [2.05, 4.69) is 17.9 Å². The van der Waals surface area contributed by atoms with Gasteiger partial charge in [0.2, 0.25) is 5.91 Å². The molecule has 0 radical (unpaired) electrons. The third-order valence-electron chi connectivity index (χ3n) is 1.36. The Balaban J connectivity index is 2.51. The van der Waals surface area contributed by atoms with Crippen molar-refractivity contribution in [2.45, 2.75) is 24.6 Å². The highest BCUT2D eigenvalue weighted by Gasteiger charge is 2.24. The van der Waals surface area contributed by atoms with E-state index < -0.39 is 0 Å². The standard InChI is InChI=1S/C5H9NOS/c1-3-4(8)2-5(7)6-3/h3-4,8H,2H2,1H3,(H,6,7)/t3-,4+/m1/s1. The zero-order chi connectivity index (χ0) is 6.15.